The summed E-state index contributed by atoms with van der Waals surface area (Å²) in [7, 11) is 0. The minimum atomic E-state index is -1.20. The minimum Gasteiger partial charge on any atom is -0.324 e. The minimum absolute atomic E-state index is 0.0156. The van der Waals surface area contributed by atoms with Gasteiger partial charge in [0.1, 0.15) is 5.82 Å². The van der Waals surface area contributed by atoms with E-state index in [0.29, 0.717) is 17.2 Å². The van der Waals surface area contributed by atoms with Crippen LogP contribution < -0.4 is 5.73 Å². The molecule has 18 heavy (non-hydrogen) atoms. The maximum atomic E-state index is 13.7. The second kappa shape index (κ2) is 4.82. The highest BCUT2D eigenvalue weighted by molar-refractivity contribution is 5.68. The molecule has 0 fully saturated rings. The molecule has 0 heterocycles. The summed E-state index contributed by atoms with van der Waals surface area (Å²) in [5.74, 6) is -3.08. The maximum Gasteiger partial charge on any atom is 0.161 e. The summed E-state index contributed by atoms with van der Waals surface area (Å²) in [6, 6.07) is 7.90. The summed E-state index contributed by atoms with van der Waals surface area (Å²) >= 11 is 0. The van der Waals surface area contributed by atoms with Crippen LogP contribution in [0.2, 0.25) is 0 Å². The van der Waals surface area contributed by atoms with Gasteiger partial charge < -0.3 is 5.73 Å². The molecule has 0 aliphatic heterocycles. The van der Waals surface area contributed by atoms with Gasteiger partial charge in [0.2, 0.25) is 0 Å². The molecule has 1 nitrogen and oxygen atoms in total. The molecule has 94 valence electrons. The predicted octanol–water partition coefficient (Wildman–Crippen LogP) is 3.79. The van der Waals surface area contributed by atoms with Crippen molar-refractivity contribution >= 4 is 0 Å². The number of benzene rings is 2. The zero-order valence-electron chi connectivity index (χ0n) is 9.75. The molecule has 0 aliphatic carbocycles. The summed E-state index contributed by atoms with van der Waals surface area (Å²) < 4.78 is 39.8. The van der Waals surface area contributed by atoms with E-state index in [1.807, 2.05) is 0 Å². The van der Waals surface area contributed by atoms with E-state index in [1.165, 1.54) is 0 Å². The molecule has 0 bridgehead atoms. The van der Waals surface area contributed by atoms with Gasteiger partial charge in [-0.2, -0.15) is 0 Å². The monoisotopic (exact) mass is 251 g/mol. The number of hydrogen-bond donors (Lipinski definition) is 1. The Morgan fingerprint density at radius 2 is 1.50 bits per heavy atom. The Balaban J connectivity index is 2.66. The van der Waals surface area contributed by atoms with E-state index in [0.717, 1.165) is 6.07 Å². The van der Waals surface area contributed by atoms with Crippen molar-refractivity contribution in [1.82, 2.24) is 0 Å². The molecule has 2 aromatic rings. The Bertz CT molecular complexity index is 579. The van der Waals surface area contributed by atoms with Gasteiger partial charge in [0.15, 0.2) is 11.6 Å². The predicted molar refractivity (Wildman–Crippen MR) is 64.4 cm³/mol. The summed E-state index contributed by atoms with van der Waals surface area (Å²) in [4.78, 5) is 0. The second-order valence-corrected chi connectivity index (χ2v) is 4.12. The molecule has 4 heteroatoms. The van der Waals surface area contributed by atoms with Gasteiger partial charge in [-0.05, 0) is 24.1 Å². The van der Waals surface area contributed by atoms with Crippen LogP contribution in [0.25, 0.3) is 11.1 Å². The zero-order valence-corrected chi connectivity index (χ0v) is 9.75. The van der Waals surface area contributed by atoms with Crippen molar-refractivity contribution in [2.75, 3.05) is 0 Å². The molecule has 0 radical (unpaired) electrons. The van der Waals surface area contributed by atoms with Crippen molar-refractivity contribution in [2.45, 2.75) is 13.0 Å². The van der Waals surface area contributed by atoms with Gasteiger partial charge >= 0.3 is 0 Å². The van der Waals surface area contributed by atoms with Gasteiger partial charge in [-0.1, -0.05) is 24.3 Å². The molecule has 0 saturated carbocycles. The third-order valence-corrected chi connectivity index (χ3v) is 2.75. The molecule has 1 atom stereocenters. The first-order valence-electron chi connectivity index (χ1n) is 5.50. The quantitative estimate of drug-likeness (QED) is 0.807. The SMILES string of the molecule is CC(N)c1ccccc1-c1cc(F)c(F)cc1F. The first kappa shape index (κ1) is 12.6. The van der Waals surface area contributed by atoms with Crippen LogP contribution in [0.15, 0.2) is 36.4 Å². The molecule has 0 spiro atoms. The Labute approximate surface area is 103 Å². The van der Waals surface area contributed by atoms with Gasteiger partial charge in [0, 0.05) is 17.7 Å². The van der Waals surface area contributed by atoms with E-state index in [1.54, 1.807) is 31.2 Å². The molecule has 2 N–H and O–H groups in total. The molecule has 0 aromatic heterocycles. The first-order chi connectivity index (χ1) is 8.50. The standard InChI is InChI=1S/C14H12F3N/c1-8(18)9-4-2-3-5-10(9)11-6-13(16)14(17)7-12(11)15/h2-8H,18H2,1H3. The molecule has 2 rings (SSSR count). The van der Waals surface area contributed by atoms with Crippen LogP contribution >= 0.6 is 0 Å². The molecular weight excluding hydrogens is 239 g/mol. The third-order valence-electron chi connectivity index (χ3n) is 2.75. The lowest BCUT2D eigenvalue weighted by molar-refractivity contribution is 0.496. The highest BCUT2D eigenvalue weighted by Gasteiger charge is 2.15. The average Bonchev–Trinajstić information content (AvgIpc) is 2.34. The van der Waals surface area contributed by atoms with Crippen LogP contribution in [-0.2, 0) is 0 Å². The van der Waals surface area contributed by atoms with Crippen LogP contribution in [-0.4, -0.2) is 0 Å². The first-order valence-corrected chi connectivity index (χ1v) is 5.50. The Hall–Kier alpha value is -1.81. The number of halogens is 3. The Kier molecular flexibility index (Phi) is 3.39. The van der Waals surface area contributed by atoms with Gasteiger partial charge in [-0.25, -0.2) is 13.2 Å². The fourth-order valence-corrected chi connectivity index (χ4v) is 1.87. The zero-order chi connectivity index (χ0) is 13.3. The van der Waals surface area contributed by atoms with Crippen LogP contribution in [0.4, 0.5) is 13.2 Å². The van der Waals surface area contributed by atoms with Crippen molar-refractivity contribution in [3.63, 3.8) is 0 Å². The van der Waals surface area contributed by atoms with E-state index < -0.39 is 17.5 Å². The fraction of sp³-hybridized carbons (Fsp3) is 0.143. The van der Waals surface area contributed by atoms with Gasteiger partial charge in [-0.3, -0.25) is 0 Å². The van der Waals surface area contributed by atoms with Gasteiger partial charge in [0.25, 0.3) is 0 Å². The van der Waals surface area contributed by atoms with Crippen molar-refractivity contribution in [3.8, 4) is 11.1 Å². The summed E-state index contributed by atoms with van der Waals surface area (Å²) in [6.45, 7) is 1.75. The lowest BCUT2D eigenvalue weighted by atomic mass is 9.95. The molecule has 1 unspecified atom stereocenters. The van der Waals surface area contributed by atoms with E-state index in [-0.39, 0.29) is 11.6 Å². The lowest BCUT2D eigenvalue weighted by Crippen LogP contribution is -2.07. The highest BCUT2D eigenvalue weighted by atomic mass is 19.2. The van der Waals surface area contributed by atoms with Crippen molar-refractivity contribution in [3.05, 3.63) is 59.4 Å². The van der Waals surface area contributed by atoms with Gasteiger partial charge in [0.05, 0.1) is 0 Å². The number of rotatable bonds is 2. The van der Waals surface area contributed by atoms with Crippen LogP contribution in [0, 0.1) is 17.5 Å². The molecule has 2 aromatic carbocycles. The Morgan fingerprint density at radius 3 is 2.17 bits per heavy atom. The molecular formula is C14H12F3N. The summed E-state index contributed by atoms with van der Waals surface area (Å²) in [6.07, 6.45) is 0. The average molecular weight is 251 g/mol. The summed E-state index contributed by atoms with van der Waals surface area (Å²) in [5, 5.41) is 0. The second-order valence-electron chi connectivity index (χ2n) is 4.12. The van der Waals surface area contributed by atoms with Crippen LogP contribution in [0.3, 0.4) is 0 Å². The largest absolute Gasteiger partial charge is 0.324 e. The molecule has 0 saturated heterocycles. The van der Waals surface area contributed by atoms with Crippen LogP contribution in [0.1, 0.15) is 18.5 Å². The number of nitrogens with two attached hydrogens (primary N) is 1. The van der Waals surface area contributed by atoms with Crippen molar-refractivity contribution in [1.29, 1.82) is 0 Å². The van der Waals surface area contributed by atoms with E-state index in [2.05, 4.69) is 0 Å². The lowest BCUT2D eigenvalue weighted by Gasteiger charge is -2.13. The normalized spacial score (nSPS) is 12.5. The van der Waals surface area contributed by atoms with Crippen LogP contribution in [0.5, 0.6) is 0 Å². The Morgan fingerprint density at radius 1 is 0.889 bits per heavy atom. The topological polar surface area (TPSA) is 26.0 Å². The highest BCUT2D eigenvalue weighted by Crippen LogP contribution is 2.30. The number of hydrogen-bond acceptors (Lipinski definition) is 1. The smallest absolute Gasteiger partial charge is 0.161 e. The summed E-state index contributed by atoms with van der Waals surface area (Å²) in [5.41, 5.74) is 6.95. The fourth-order valence-electron chi connectivity index (χ4n) is 1.87. The molecule has 0 aliphatic rings. The van der Waals surface area contributed by atoms with E-state index in [4.69, 9.17) is 5.73 Å². The maximum absolute atomic E-state index is 13.7. The third kappa shape index (κ3) is 2.24. The van der Waals surface area contributed by atoms with E-state index >= 15 is 0 Å². The molecule has 0 amide bonds. The van der Waals surface area contributed by atoms with Crippen molar-refractivity contribution < 1.29 is 13.2 Å². The van der Waals surface area contributed by atoms with Gasteiger partial charge in [-0.15, -0.1) is 0 Å². The van der Waals surface area contributed by atoms with Crippen molar-refractivity contribution in [2.24, 2.45) is 5.73 Å². The van der Waals surface area contributed by atoms with E-state index in [9.17, 15) is 13.2 Å².